The van der Waals surface area contributed by atoms with Gasteiger partial charge in [-0.1, -0.05) is 27.7 Å². The Morgan fingerprint density at radius 3 is 2.08 bits per heavy atom. The molecule has 2 aromatic rings. The van der Waals surface area contributed by atoms with Crippen LogP contribution in [0.5, 0.6) is 11.5 Å². The maximum Gasteiger partial charge on any atom is 0.431 e. The minimum atomic E-state index is -4.42. The summed E-state index contributed by atoms with van der Waals surface area (Å²) in [5.74, 6) is 0.932. The molecule has 1 aliphatic heterocycles. The number of methoxy groups -OCH3 is 1. The van der Waals surface area contributed by atoms with Crippen molar-refractivity contribution in [1.29, 1.82) is 0 Å². The Morgan fingerprint density at radius 1 is 0.973 bits per heavy atom. The van der Waals surface area contributed by atoms with Gasteiger partial charge in [-0.3, -0.25) is 4.79 Å². The molecule has 5 nitrogen and oxygen atoms in total. The number of carbonyl (C=O) groups is 1. The number of rotatable bonds is 6. The summed E-state index contributed by atoms with van der Waals surface area (Å²) in [4.78, 5) is 15.2. The number of aromatic nitrogens is 1. The van der Waals surface area contributed by atoms with Crippen LogP contribution in [-0.4, -0.2) is 41.2 Å². The topological polar surface area (TPSA) is 43.7 Å². The van der Waals surface area contributed by atoms with Crippen molar-refractivity contribution >= 4 is 5.91 Å². The molecule has 1 amide bonds. The van der Waals surface area contributed by atoms with E-state index in [-0.39, 0.29) is 17.9 Å². The summed E-state index contributed by atoms with van der Waals surface area (Å²) in [6, 6.07) is 8.03. The standard InChI is InChI=1S/C29H41F3N2O3/c1-9-28(23-12-13-24(29(30,31)32)34(23)19-26(2,3)4)14-16-33(17-15-28)25(35)20-10-11-21(22(18-20)36-8)37-27(5,6)7/h10-13,18H,9,14-17,19H2,1-8H3. The van der Waals surface area contributed by atoms with Gasteiger partial charge in [0.2, 0.25) is 0 Å². The number of amides is 1. The SMILES string of the molecule is CCC1(c2ccc(C(F)(F)F)n2CC(C)(C)C)CCN(C(=O)c2ccc(OC(C)(C)C)c(OC)c2)CC1. The van der Waals surface area contributed by atoms with E-state index in [0.29, 0.717) is 49.4 Å². The zero-order valence-electron chi connectivity index (χ0n) is 23.4. The number of halogens is 3. The zero-order chi connectivity index (χ0) is 27.8. The summed E-state index contributed by atoms with van der Waals surface area (Å²) < 4.78 is 54.5. The van der Waals surface area contributed by atoms with Crippen molar-refractivity contribution in [3.05, 3.63) is 47.3 Å². The van der Waals surface area contributed by atoms with E-state index in [2.05, 4.69) is 0 Å². The molecule has 0 bridgehead atoms. The lowest BCUT2D eigenvalue weighted by atomic mass is 9.73. The van der Waals surface area contributed by atoms with E-state index in [4.69, 9.17) is 9.47 Å². The summed E-state index contributed by atoms with van der Waals surface area (Å²) in [6.45, 7) is 14.9. The maximum atomic E-state index is 13.9. The quantitative estimate of drug-likeness (QED) is 0.399. The summed E-state index contributed by atoms with van der Waals surface area (Å²) in [5, 5.41) is 0. The molecular weight excluding hydrogens is 481 g/mol. The van der Waals surface area contributed by atoms with Gasteiger partial charge < -0.3 is 18.9 Å². The first-order valence-corrected chi connectivity index (χ1v) is 12.9. The van der Waals surface area contributed by atoms with E-state index in [1.165, 1.54) is 17.7 Å². The van der Waals surface area contributed by atoms with Gasteiger partial charge in [-0.2, -0.15) is 13.2 Å². The lowest BCUT2D eigenvalue weighted by molar-refractivity contribution is -0.144. The van der Waals surface area contributed by atoms with Gasteiger partial charge in [0.05, 0.1) is 7.11 Å². The number of likely N-dealkylation sites (tertiary alicyclic amines) is 1. The Bertz CT molecular complexity index is 1100. The molecule has 1 saturated heterocycles. The number of ether oxygens (including phenoxy) is 2. The average Bonchev–Trinajstić information content (AvgIpc) is 3.21. The fraction of sp³-hybridized carbons (Fsp3) is 0.621. The summed E-state index contributed by atoms with van der Waals surface area (Å²) in [7, 11) is 1.54. The van der Waals surface area contributed by atoms with E-state index in [1.54, 1.807) is 29.2 Å². The van der Waals surface area contributed by atoms with E-state index < -0.39 is 22.9 Å². The molecule has 0 atom stereocenters. The van der Waals surface area contributed by atoms with Crippen molar-refractivity contribution in [3.8, 4) is 11.5 Å². The monoisotopic (exact) mass is 522 g/mol. The molecule has 1 aliphatic rings. The van der Waals surface area contributed by atoms with Gasteiger partial charge >= 0.3 is 6.18 Å². The molecule has 37 heavy (non-hydrogen) atoms. The number of nitrogens with zero attached hydrogens (tertiary/aromatic N) is 2. The van der Waals surface area contributed by atoms with Gasteiger partial charge in [0.1, 0.15) is 11.3 Å². The Kier molecular flexibility index (Phi) is 8.02. The number of alkyl halides is 3. The molecule has 0 saturated carbocycles. The van der Waals surface area contributed by atoms with Crippen molar-refractivity contribution in [2.45, 2.75) is 91.5 Å². The van der Waals surface area contributed by atoms with Crippen LogP contribution in [0.2, 0.25) is 0 Å². The molecule has 0 aliphatic carbocycles. The summed E-state index contributed by atoms with van der Waals surface area (Å²) >= 11 is 0. The smallest absolute Gasteiger partial charge is 0.431 e. The molecule has 8 heteroatoms. The molecular formula is C29H41F3N2O3. The molecule has 3 rings (SSSR count). The number of hydrogen-bond acceptors (Lipinski definition) is 3. The summed E-state index contributed by atoms with van der Waals surface area (Å²) in [6.07, 6.45) is -2.52. The first-order valence-electron chi connectivity index (χ1n) is 12.9. The Morgan fingerprint density at radius 2 is 1.59 bits per heavy atom. The van der Waals surface area contributed by atoms with Crippen LogP contribution in [0.1, 0.15) is 89.5 Å². The van der Waals surface area contributed by atoms with Crippen molar-refractivity contribution in [2.75, 3.05) is 20.2 Å². The Balaban J connectivity index is 1.85. The third-order valence-electron chi connectivity index (χ3n) is 6.96. The predicted molar refractivity (Wildman–Crippen MR) is 139 cm³/mol. The second-order valence-corrected chi connectivity index (χ2v) is 12.3. The first kappa shape index (κ1) is 28.9. The molecule has 0 radical (unpaired) electrons. The molecule has 0 unspecified atom stereocenters. The van der Waals surface area contributed by atoms with Crippen LogP contribution in [0.25, 0.3) is 0 Å². The first-order chi connectivity index (χ1) is 17.0. The third-order valence-corrected chi connectivity index (χ3v) is 6.96. The highest BCUT2D eigenvalue weighted by atomic mass is 19.4. The molecule has 1 fully saturated rings. The van der Waals surface area contributed by atoms with Crippen molar-refractivity contribution in [1.82, 2.24) is 9.47 Å². The highest BCUT2D eigenvalue weighted by molar-refractivity contribution is 5.95. The maximum absolute atomic E-state index is 13.9. The number of piperidine rings is 1. The fourth-order valence-electron chi connectivity index (χ4n) is 5.15. The average molecular weight is 523 g/mol. The van der Waals surface area contributed by atoms with Crippen molar-refractivity contribution in [3.63, 3.8) is 0 Å². The van der Waals surface area contributed by atoms with E-state index in [0.717, 1.165) is 5.69 Å². The Labute approximate surface area is 218 Å². The van der Waals surface area contributed by atoms with Gasteiger partial charge in [0.25, 0.3) is 5.91 Å². The normalized spacial score (nSPS) is 16.6. The third kappa shape index (κ3) is 6.63. The van der Waals surface area contributed by atoms with E-state index >= 15 is 0 Å². The molecule has 0 spiro atoms. The highest BCUT2D eigenvalue weighted by Gasteiger charge is 2.43. The summed E-state index contributed by atoms with van der Waals surface area (Å²) in [5.41, 5.74) is -0.540. The highest BCUT2D eigenvalue weighted by Crippen LogP contribution is 2.43. The van der Waals surface area contributed by atoms with E-state index in [9.17, 15) is 18.0 Å². The lowest BCUT2D eigenvalue weighted by Gasteiger charge is -2.43. The largest absolute Gasteiger partial charge is 0.493 e. The second kappa shape index (κ2) is 10.3. The predicted octanol–water partition coefficient (Wildman–Crippen LogP) is 7.32. The van der Waals surface area contributed by atoms with E-state index in [1.807, 2.05) is 48.5 Å². The lowest BCUT2D eigenvalue weighted by Crippen LogP contribution is -2.46. The number of hydrogen-bond donors (Lipinski definition) is 0. The van der Waals surface area contributed by atoms with Gasteiger partial charge in [0, 0.05) is 36.3 Å². The van der Waals surface area contributed by atoms with Gasteiger partial charge in [-0.15, -0.1) is 0 Å². The molecule has 2 heterocycles. The zero-order valence-corrected chi connectivity index (χ0v) is 23.4. The van der Waals surface area contributed by atoms with Crippen LogP contribution in [-0.2, 0) is 18.1 Å². The van der Waals surface area contributed by atoms with Crippen LogP contribution in [0.3, 0.4) is 0 Å². The molecule has 1 aromatic carbocycles. The van der Waals surface area contributed by atoms with Gasteiger partial charge in [-0.05, 0) is 75.8 Å². The fourth-order valence-corrected chi connectivity index (χ4v) is 5.15. The molecule has 206 valence electrons. The van der Waals surface area contributed by atoms with Gasteiger partial charge in [-0.25, -0.2) is 0 Å². The van der Waals surface area contributed by atoms with Crippen LogP contribution in [0.15, 0.2) is 30.3 Å². The van der Waals surface area contributed by atoms with Crippen molar-refractivity contribution < 1.29 is 27.4 Å². The second-order valence-electron chi connectivity index (χ2n) is 12.3. The Hall–Kier alpha value is -2.64. The number of carbonyl (C=O) groups excluding carboxylic acids is 1. The van der Waals surface area contributed by atoms with Crippen molar-refractivity contribution in [2.24, 2.45) is 5.41 Å². The van der Waals surface area contributed by atoms with Crippen LogP contribution < -0.4 is 9.47 Å². The minimum absolute atomic E-state index is 0.119. The van der Waals surface area contributed by atoms with Gasteiger partial charge in [0.15, 0.2) is 11.5 Å². The van der Waals surface area contributed by atoms with Crippen LogP contribution >= 0.6 is 0 Å². The number of benzene rings is 1. The molecule has 0 N–H and O–H groups in total. The minimum Gasteiger partial charge on any atom is -0.493 e. The molecule has 1 aromatic heterocycles. The van der Waals surface area contributed by atoms with Crippen LogP contribution in [0.4, 0.5) is 13.2 Å². The van der Waals surface area contributed by atoms with Crippen LogP contribution in [0, 0.1) is 5.41 Å².